The third-order valence-corrected chi connectivity index (χ3v) is 8.71. The molecule has 0 aliphatic heterocycles. The molecule has 1 rings (SSSR count). The lowest BCUT2D eigenvalue weighted by molar-refractivity contribution is 0.159. The SMILES string of the molecule is CCCCCCC=CC1C(CCCCCC)C=CC(C(N)CCCCCC)C1C(N)CCCCCC. The van der Waals surface area contributed by atoms with E-state index in [1.807, 2.05) is 0 Å². The van der Waals surface area contributed by atoms with Gasteiger partial charge >= 0.3 is 0 Å². The molecule has 4 N–H and O–H groups in total. The molecule has 6 unspecified atom stereocenters. The minimum absolute atomic E-state index is 0.242. The normalized spacial score (nSPS) is 23.9. The molecule has 6 atom stereocenters. The highest BCUT2D eigenvalue weighted by atomic mass is 14.7. The molecule has 1 aliphatic carbocycles. The first-order valence-corrected chi connectivity index (χ1v) is 16.5. The van der Waals surface area contributed by atoms with Crippen molar-refractivity contribution >= 4 is 0 Å². The van der Waals surface area contributed by atoms with Gasteiger partial charge < -0.3 is 11.5 Å². The van der Waals surface area contributed by atoms with Crippen LogP contribution in [0.3, 0.4) is 0 Å². The maximum absolute atomic E-state index is 7.11. The van der Waals surface area contributed by atoms with Crippen molar-refractivity contribution in [1.29, 1.82) is 0 Å². The molecule has 2 nitrogen and oxygen atoms in total. The zero-order chi connectivity index (χ0) is 26.4. The zero-order valence-electron chi connectivity index (χ0n) is 25.1. The number of hydrogen-bond acceptors (Lipinski definition) is 2. The summed E-state index contributed by atoms with van der Waals surface area (Å²) in [5.41, 5.74) is 14.1. The van der Waals surface area contributed by atoms with Gasteiger partial charge in [0.2, 0.25) is 0 Å². The second-order valence-corrected chi connectivity index (χ2v) is 11.9. The lowest BCUT2D eigenvalue weighted by atomic mass is 9.63. The van der Waals surface area contributed by atoms with Crippen molar-refractivity contribution in [2.24, 2.45) is 35.1 Å². The Morgan fingerprint density at radius 3 is 1.72 bits per heavy atom. The average Bonchev–Trinajstić information content (AvgIpc) is 2.89. The molecule has 0 amide bonds. The molecule has 212 valence electrons. The molecule has 0 saturated carbocycles. The van der Waals surface area contributed by atoms with E-state index in [4.69, 9.17) is 11.5 Å². The van der Waals surface area contributed by atoms with Crippen LogP contribution in [0.4, 0.5) is 0 Å². The molecule has 0 spiro atoms. The van der Waals surface area contributed by atoms with Crippen molar-refractivity contribution in [2.75, 3.05) is 0 Å². The first-order chi connectivity index (χ1) is 17.6. The van der Waals surface area contributed by atoms with Crippen LogP contribution in [0.25, 0.3) is 0 Å². The van der Waals surface area contributed by atoms with Crippen LogP contribution in [0, 0.1) is 23.7 Å². The van der Waals surface area contributed by atoms with Crippen molar-refractivity contribution in [3.8, 4) is 0 Å². The Kier molecular flexibility index (Phi) is 20.8. The van der Waals surface area contributed by atoms with Crippen molar-refractivity contribution in [2.45, 2.75) is 168 Å². The number of hydrogen-bond donors (Lipinski definition) is 2. The summed E-state index contributed by atoms with van der Waals surface area (Å²) < 4.78 is 0. The number of rotatable bonds is 23. The lowest BCUT2D eigenvalue weighted by Gasteiger charge is -2.44. The third-order valence-electron chi connectivity index (χ3n) is 8.71. The Bertz CT molecular complexity index is 539. The Hall–Kier alpha value is -0.600. The van der Waals surface area contributed by atoms with Gasteiger partial charge in [-0.15, -0.1) is 0 Å². The molecule has 0 saturated heterocycles. The van der Waals surface area contributed by atoms with Crippen LogP contribution >= 0.6 is 0 Å². The van der Waals surface area contributed by atoms with E-state index in [1.165, 1.54) is 116 Å². The monoisotopic (exact) mass is 503 g/mol. The molecular formula is C34H66N2. The van der Waals surface area contributed by atoms with Gasteiger partial charge in [0.25, 0.3) is 0 Å². The standard InChI is InChI=1S/C34H66N2/c1-5-9-13-17-18-20-24-30-29(23-19-14-10-6-2)27-28-31(32(35)25-21-15-11-7-3)34(30)33(36)26-22-16-12-8-4/h20,24,27-34H,5-19,21-23,25-26,35-36H2,1-4H3. The van der Waals surface area contributed by atoms with E-state index in [0.29, 0.717) is 23.7 Å². The van der Waals surface area contributed by atoms with Gasteiger partial charge in [-0.2, -0.15) is 0 Å². The summed E-state index contributed by atoms with van der Waals surface area (Å²) in [6.45, 7) is 9.19. The van der Waals surface area contributed by atoms with E-state index in [9.17, 15) is 0 Å². The summed E-state index contributed by atoms with van der Waals surface area (Å²) in [5, 5.41) is 0. The maximum atomic E-state index is 7.11. The van der Waals surface area contributed by atoms with Crippen LogP contribution in [0.15, 0.2) is 24.3 Å². The Morgan fingerprint density at radius 2 is 1.14 bits per heavy atom. The Labute approximate surface area is 227 Å². The van der Waals surface area contributed by atoms with Crippen LogP contribution in [0.2, 0.25) is 0 Å². The summed E-state index contributed by atoms with van der Waals surface area (Å²) in [6.07, 6.45) is 36.1. The molecule has 2 heteroatoms. The van der Waals surface area contributed by atoms with Gasteiger partial charge in [-0.05, 0) is 55.8 Å². The van der Waals surface area contributed by atoms with Gasteiger partial charge in [0, 0.05) is 12.1 Å². The first-order valence-electron chi connectivity index (χ1n) is 16.5. The molecular weight excluding hydrogens is 436 g/mol. The lowest BCUT2D eigenvalue weighted by Crippen LogP contribution is -2.48. The topological polar surface area (TPSA) is 52.0 Å². The van der Waals surface area contributed by atoms with Gasteiger partial charge in [-0.3, -0.25) is 0 Å². The Balaban J connectivity index is 3.04. The fraction of sp³-hybridized carbons (Fsp3) is 0.882. The highest BCUT2D eigenvalue weighted by molar-refractivity contribution is 5.14. The van der Waals surface area contributed by atoms with Crippen molar-refractivity contribution in [3.63, 3.8) is 0 Å². The van der Waals surface area contributed by atoms with Crippen LogP contribution in [-0.2, 0) is 0 Å². The fourth-order valence-electron chi connectivity index (χ4n) is 6.38. The van der Waals surface area contributed by atoms with Gasteiger partial charge in [-0.25, -0.2) is 0 Å². The van der Waals surface area contributed by atoms with Gasteiger partial charge in [0.05, 0.1) is 0 Å². The number of nitrogens with two attached hydrogens (primary N) is 2. The molecule has 0 aromatic carbocycles. The van der Waals surface area contributed by atoms with Crippen molar-refractivity contribution in [1.82, 2.24) is 0 Å². The van der Waals surface area contributed by atoms with E-state index in [0.717, 1.165) is 12.8 Å². The highest BCUT2D eigenvalue weighted by Crippen LogP contribution is 2.42. The molecule has 36 heavy (non-hydrogen) atoms. The summed E-state index contributed by atoms with van der Waals surface area (Å²) >= 11 is 0. The smallest absolute Gasteiger partial charge is 0.0105 e. The van der Waals surface area contributed by atoms with Gasteiger partial charge in [-0.1, -0.05) is 148 Å². The molecule has 0 heterocycles. The molecule has 0 aromatic rings. The minimum atomic E-state index is 0.242. The summed E-state index contributed by atoms with van der Waals surface area (Å²) in [7, 11) is 0. The van der Waals surface area contributed by atoms with Crippen LogP contribution < -0.4 is 11.5 Å². The molecule has 0 fully saturated rings. The quantitative estimate of drug-likeness (QED) is 0.108. The van der Waals surface area contributed by atoms with Crippen LogP contribution in [0.5, 0.6) is 0 Å². The van der Waals surface area contributed by atoms with E-state index >= 15 is 0 Å². The molecule has 0 radical (unpaired) electrons. The Morgan fingerprint density at radius 1 is 0.611 bits per heavy atom. The summed E-state index contributed by atoms with van der Waals surface area (Å²) in [4.78, 5) is 0. The highest BCUT2D eigenvalue weighted by Gasteiger charge is 2.40. The molecule has 1 aliphatic rings. The minimum Gasteiger partial charge on any atom is -0.327 e. The van der Waals surface area contributed by atoms with Crippen LogP contribution in [0.1, 0.15) is 156 Å². The number of allylic oxidation sites excluding steroid dienone is 3. The summed E-state index contributed by atoms with van der Waals surface area (Å²) in [6, 6.07) is 0.498. The van der Waals surface area contributed by atoms with E-state index < -0.39 is 0 Å². The fourth-order valence-corrected chi connectivity index (χ4v) is 6.38. The molecule has 0 aromatic heterocycles. The first kappa shape index (κ1) is 33.4. The van der Waals surface area contributed by atoms with Crippen molar-refractivity contribution < 1.29 is 0 Å². The third kappa shape index (κ3) is 13.8. The molecule has 0 bridgehead atoms. The van der Waals surface area contributed by atoms with E-state index in [-0.39, 0.29) is 12.1 Å². The second-order valence-electron chi connectivity index (χ2n) is 11.9. The van der Waals surface area contributed by atoms with Crippen LogP contribution in [-0.4, -0.2) is 12.1 Å². The average molecular weight is 503 g/mol. The maximum Gasteiger partial charge on any atom is 0.0105 e. The second kappa shape index (κ2) is 22.4. The predicted octanol–water partition coefficient (Wildman–Crippen LogP) is 10.1. The largest absolute Gasteiger partial charge is 0.327 e. The predicted molar refractivity (Wildman–Crippen MR) is 163 cm³/mol. The van der Waals surface area contributed by atoms with E-state index in [2.05, 4.69) is 52.0 Å². The van der Waals surface area contributed by atoms with Gasteiger partial charge in [0.15, 0.2) is 0 Å². The number of unbranched alkanes of at least 4 members (excludes halogenated alkanes) is 13. The zero-order valence-corrected chi connectivity index (χ0v) is 25.1. The van der Waals surface area contributed by atoms with Gasteiger partial charge in [0.1, 0.15) is 0 Å². The van der Waals surface area contributed by atoms with Crippen molar-refractivity contribution in [3.05, 3.63) is 24.3 Å². The summed E-state index contributed by atoms with van der Waals surface area (Å²) in [5.74, 6) is 2.09. The van der Waals surface area contributed by atoms with E-state index in [1.54, 1.807) is 0 Å².